The number of ketones is 1. The molecule has 3 aromatic heterocycles. The normalized spacial score (nSPS) is 11.4. The molecule has 5 rings (SSSR count). The number of rotatable bonds is 2. The Bertz CT molecular complexity index is 1310. The van der Waals surface area contributed by atoms with Gasteiger partial charge in [-0.1, -0.05) is 36.4 Å². The van der Waals surface area contributed by atoms with Gasteiger partial charge in [0.15, 0.2) is 17.1 Å². The third-order valence-electron chi connectivity index (χ3n) is 4.53. The molecule has 124 valence electrons. The van der Waals surface area contributed by atoms with E-state index in [4.69, 9.17) is 4.98 Å². The molecule has 5 nitrogen and oxygen atoms in total. The van der Waals surface area contributed by atoms with Gasteiger partial charge in [0.25, 0.3) is 0 Å². The SMILES string of the molecule is Cc1cccn2c1nc1nc3cc(C(=O)c4ccccc4)ccc3nc12. The Morgan fingerprint density at radius 2 is 1.65 bits per heavy atom. The first kappa shape index (κ1) is 14.7. The molecule has 5 heteroatoms. The van der Waals surface area contributed by atoms with E-state index >= 15 is 0 Å². The minimum Gasteiger partial charge on any atom is -0.289 e. The van der Waals surface area contributed by atoms with Crippen molar-refractivity contribution in [2.75, 3.05) is 0 Å². The first-order valence-corrected chi connectivity index (χ1v) is 8.36. The number of aromatic nitrogens is 4. The van der Waals surface area contributed by atoms with Crippen LogP contribution in [0.15, 0.2) is 66.9 Å². The van der Waals surface area contributed by atoms with Gasteiger partial charge in [0.2, 0.25) is 0 Å². The Hall–Kier alpha value is -3.60. The summed E-state index contributed by atoms with van der Waals surface area (Å²) < 4.78 is 1.94. The third-order valence-corrected chi connectivity index (χ3v) is 4.53. The van der Waals surface area contributed by atoms with Gasteiger partial charge >= 0.3 is 0 Å². The van der Waals surface area contributed by atoms with Crippen LogP contribution >= 0.6 is 0 Å². The quantitative estimate of drug-likeness (QED) is 0.457. The van der Waals surface area contributed by atoms with Crippen molar-refractivity contribution in [3.05, 3.63) is 83.6 Å². The molecular formula is C21H14N4O. The summed E-state index contributed by atoms with van der Waals surface area (Å²) in [6.45, 7) is 2.01. The van der Waals surface area contributed by atoms with Gasteiger partial charge in [-0.05, 0) is 36.8 Å². The minimum absolute atomic E-state index is 0.0276. The van der Waals surface area contributed by atoms with Gasteiger partial charge in [0.1, 0.15) is 5.65 Å². The summed E-state index contributed by atoms with van der Waals surface area (Å²) >= 11 is 0. The van der Waals surface area contributed by atoms with Crippen molar-refractivity contribution in [1.29, 1.82) is 0 Å². The summed E-state index contributed by atoms with van der Waals surface area (Å²) in [6, 6.07) is 18.6. The van der Waals surface area contributed by atoms with Crippen LogP contribution in [-0.2, 0) is 0 Å². The molecule has 26 heavy (non-hydrogen) atoms. The summed E-state index contributed by atoms with van der Waals surface area (Å²) in [5, 5.41) is 0. The molecular weight excluding hydrogens is 324 g/mol. The summed E-state index contributed by atoms with van der Waals surface area (Å²) in [5.41, 5.74) is 5.87. The highest BCUT2D eigenvalue weighted by Gasteiger charge is 2.13. The van der Waals surface area contributed by atoms with E-state index in [0.29, 0.717) is 22.3 Å². The molecule has 0 aliphatic rings. The number of pyridine rings is 1. The number of carbonyl (C=O) groups excluding carboxylic acids is 1. The van der Waals surface area contributed by atoms with Gasteiger partial charge in [-0.15, -0.1) is 0 Å². The van der Waals surface area contributed by atoms with E-state index in [2.05, 4.69) is 9.97 Å². The Labute approximate surface area is 149 Å². The van der Waals surface area contributed by atoms with Crippen molar-refractivity contribution >= 4 is 33.8 Å². The molecule has 0 aliphatic heterocycles. The molecule has 0 atom stereocenters. The number of hydrogen-bond acceptors (Lipinski definition) is 4. The summed E-state index contributed by atoms with van der Waals surface area (Å²) in [6.07, 6.45) is 1.94. The van der Waals surface area contributed by atoms with E-state index in [0.717, 1.165) is 22.4 Å². The fourth-order valence-corrected chi connectivity index (χ4v) is 3.19. The van der Waals surface area contributed by atoms with Crippen LogP contribution in [-0.4, -0.2) is 25.1 Å². The second-order valence-electron chi connectivity index (χ2n) is 6.27. The third kappa shape index (κ3) is 2.18. The molecule has 3 heterocycles. The molecule has 0 spiro atoms. The fraction of sp³-hybridized carbons (Fsp3) is 0.0476. The summed E-state index contributed by atoms with van der Waals surface area (Å²) in [5.74, 6) is -0.0276. The summed E-state index contributed by atoms with van der Waals surface area (Å²) in [4.78, 5) is 26.6. The van der Waals surface area contributed by atoms with E-state index < -0.39 is 0 Å². The molecule has 0 unspecified atom stereocenters. The van der Waals surface area contributed by atoms with E-state index in [9.17, 15) is 4.79 Å². The number of fused-ring (bicyclic) bond motifs is 4. The van der Waals surface area contributed by atoms with Crippen LogP contribution in [0.4, 0.5) is 0 Å². The number of imidazole rings is 1. The highest BCUT2D eigenvalue weighted by molar-refractivity contribution is 6.10. The van der Waals surface area contributed by atoms with Crippen LogP contribution in [0.1, 0.15) is 21.5 Å². The van der Waals surface area contributed by atoms with Crippen molar-refractivity contribution in [2.45, 2.75) is 6.92 Å². The summed E-state index contributed by atoms with van der Waals surface area (Å²) in [7, 11) is 0. The molecule has 0 saturated carbocycles. The number of benzene rings is 2. The van der Waals surface area contributed by atoms with Crippen molar-refractivity contribution in [1.82, 2.24) is 19.4 Å². The topological polar surface area (TPSA) is 60.2 Å². The first-order chi connectivity index (χ1) is 12.7. The molecule has 0 amide bonds. The standard InChI is InChI=1S/C21H14N4O/c1-13-6-5-11-25-20(13)24-19-21(25)23-16-10-9-15(12-17(16)22-19)18(26)14-7-3-2-4-8-14/h2-12H,1H3. The second kappa shape index (κ2) is 5.46. The maximum absolute atomic E-state index is 12.7. The molecule has 0 N–H and O–H groups in total. The largest absolute Gasteiger partial charge is 0.289 e. The molecule has 0 bridgehead atoms. The first-order valence-electron chi connectivity index (χ1n) is 8.36. The van der Waals surface area contributed by atoms with Gasteiger partial charge in [-0.3, -0.25) is 9.20 Å². The highest BCUT2D eigenvalue weighted by atomic mass is 16.1. The lowest BCUT2D eigenvalue weighted by molar-refractivity contribution is 0.103. The van der Waals surface area contributed by atoms with Gasteiger partial charge < -0.3 is 0 Å². The van der Waals surface area contributed by atoms with Crippen molar-refractivity contribution in [3.63, 3.8) is 0 Å². The van der Waals surface area contributed by atoms with Crippen LogP contribution < -0.4 is 0 Å². The van der Waals surface area contributed by atoms with Crippen LogP contribution in [0, 0.1) is 6.92 Å². The Morgan fingerprint density at radius 1 is 0.808 bits per heavy atom. The maximum atomic E-state index is 12.7. The van der Waals surface area contributed by atoms with Gasteiger partial charge in [-0.2, -0.15) is 0 Å². The number of nitrogens with zero attached hydrogens (tertiary/aromatic N) is 4. The fourth-order valence-electron chi connectivity index (χ4n) is 3.19. The Morgan fingerprint density at radius 3 is 2.50 bits per heavy atom. The zero-order valence-corrected chi connectivity index (χ0v) is 14.0. The average Bonchev–Trinajstić information content (AvgIpc) is 3.05. The molecule has 2 aromatic carbocycles. The van der Waals surface area contributed by atoms with E-state index in [1.54, 1.807) is 12.1 Å². The van der Waals surface area contributed by atoms with Crippen molar-refractivity contribution in [3.8, 4) is 0 Å². The number of hydrogen-bond donors (Lipinski definition) is 0. The Balaban J connectivity index is 1.71. The lowest BCUT2D eigenvalue weighted by atomic mass is 10.0. The Kier molecular flexibility index (Phi) is 3.09. The molecule has 0 aliphatic carbocycles. The average molecular weight is 338 g/mol. The van der Waals surface area contributed by atoms with Crippen LogP contribution in [0.25, 0.3) is 28.0 Å². The van der Waals surface area contributed by atoms with E-state index in [1.807, 2.05) is 66.1 Å². The van der Waals surface area contributed by atoms with Crippen LogP contribution in [0.5, 0.6) is 0 Å². The number of carbonyl (C=O) groups is 1. The van der Waals surface area contributed by atoms with Crippen molar-refractivity contribution < 1.29 is 4.79 Å². The van der Waals surface area contributed by atoms with Crippen LogP contribution in [0.3, 0.4) is 0 Å². The number of aryl methyl sites for hydroxylation is 1. The van der Waals surface area contributed by atoms with Crippen molar-refractivity contribution in [2.24, 2.45) is 0 Å². The zero-order chi connectivity index (χ0) is 17.7. The molecule has 0 fully saturated rings. The smallest absolute Gasteiger partial charge is 0.198 e. The van der Waals surface area contributed by atoms with Gasteiger partial charge in [0, 0.05) is 17.3 Å². The van der Waals surface area contributed by atoms with E-state index in [-0.39, 0.29) is 5.78 Å². The predicted molar refractivity (Wildman–Crippen MR) is 100 cm³/mol. The predicted octanol–water partition coefficient (Wildman–Crippen LogP) is 3.97. The maximum Gasteiger partial charge on any atom is 0.198 e. The molecule has 0 saturated heterocycles. The minimum atomic E-state index is -0.0276. The second-order valence-corrected chi connectivity index (χ2v) is 6.27. The van der Waals surface area contributed by atoms with E-state index in [1.165, 1.54) is 0 Å². The molecule has 5 aromatic rings. The lowest BCUT2D eigenvalue weighted by Gasteiger charge is -2.03. The van der Waals surface area contributed by atoms with Gasteiger partial charge in [0.05, 0.1) is 11.0 Å². The monoisotopic (exact) mass is 338 g/mol. The van der Waals surface area contributed by atoms with Gasteiger partial charge in [-0.25, -0.2) is 15.0 Å². The lowest BCUT2D eigenvalue weighted by Crippen LogP contribution is -2.01. The zero-order valence-electron chi connectivity index (χ0n) is 14.0. The molecule has 0 radical (unpaired) electrons. The van der Waals surface area contributed by atoms with Crippen LogP contribution in [0.2, 0.25) is 0 Å². The highest BCUT2D eigenvalue weighted by Crippen LogP contribution is 2.21.